The average Bonchev–Trinajstić information content (AvgIpc) is 2.86. The lowest BCUT2D eigenvalue weighted by Crippen LogP contribution is -2.41. The number of nitrogens with zero attached hydrogens (tertiary/aromatic N) is 1. The number of anilines is 1. The molecule has 0 aliphatic rings. The summed E-state index contributed by atoms with van der Waals surface area (Å²) in [5.41, 5.74) is 2.71. The third-order valence-electron chi connectivity index (χ3n) is 5.73. The van der Waals surface area contributed by atoms with Gasteiger partial charge in [-0.05, 0) is 80.1 Å². The van der Waals surface area contributed by atoms with Crippen molar-refractivity contribution in [2.24, 2.45) is 0 Å². The van der Waals surface area contributed by atoms with Gasteiger partial charge in [-0.1, -0.05) is 56.3 Å². The van der Waals surface area contributed by atoms with Crippen LogP contribution in [0, 0.1) is 0 Å². The lowest BCUT2D eigenvalue weighted by molar-refractivity contribution is -0.119. The molecule has 0 aliphatic carbocycles. The third-order valence-corrected chi connectivity index (χ3v) is 7.51. The molecule has 0 bridgehead atoms. The van der Waals surface area contributed by atoms with Crippen molar-refractivity contribution in [3.63, 3.8) is 0 Å². The van der Waals surface area contributed by atoms with Gasteiger partial charge >= 0.3 is 0 Å². The van der Waals surface area contributed by atoms with Crippen molar-refractivity contribution in [3.05, 3.63) is 90.0 Å². The maximum absolute atomic E-state index is 13.4. The lowest BCUT2D eigenvalue weighted by atomic mass is 10.0. The molecule has 3 aromatic rings. The van der Waals surface area contributed by atoms with Gasteiger partial charge in [0.15, 0.2) is 0 Å². The average molecular weight is 509 g/mol. The molecule has 1 amide bonds. The zero-order valence-electron chi connectivity index (χ0n) is 21.5. The van der Waals surface area contributed by atoms with Crippen LogP contribution in [0.15, 0.2) is 83.8 Å². The fourth-order valence-electron chi connectivity index (χ4n) is 3.77. The molecule has 7 heteroatoms. The predicted molar refractivity (Wildman–Crippen MR) is 145 cm³/mol. The number of carbonyl (C=O) groups excluding carboxylic acids is 1. The maximum Gasteiger partial charge on any atom is 0.264 e. The first-order valence-electron chi connectivity index (χ1n) is 12.4. The van der Waals surface area contributed by atoms with Crippen molar-refractivity contribution in [2.75, 3.05) is 17.4 Å². The van der Waals surface area contributed by atoms with Crippen LogP contribution in [-0.2, 0) is 21.2 Å². The van der Waals surface area contributed by atoms with Gasteiger partial charge in [0.2, 0.25) is 5.91 Å². The van der Waals surface area contributed by atoms with E-state index in [0.29, 0.717) is 18.2 Å². The zero-order chi connectivity index (χ0) is 26.1. The summed E-state index contributed by atoms with van der Waals surface area (Å²) in [6, 6.07) is 23.5. The Morgan fingerprint density at radius 1 is 0.889 bits per heavy atom. The van der Waals surface area contributed by atoms with Crippen LogP contribution in [0.5, 0.6) is 5.75 Å². The van der Waals surface area contributed by atoms with Crippen LogP contribution in [-0.4, -0.2) is 33.5 Å². The minimum absolute atomic E-state index is 0.129. The summed E-state index contributed by atoms with van der Waals surface area (Å²) in [6.07, 6.45) is 1.67. The first kappa shape index (κ1) is 27.3. The van der Waals surface area contributed by atoms with E-state index in [1.165, 1.54) is 4.31 Å². The van der Waals surface area contributed by atoms with Gasteiger partial charge in [0, 0.05) is 6.54 Å². The number of amides is 1. The van der Waals surface area contributed by atoms with Crippen molar-refractivity contribution >= 4 is 21.6 Å². The number of hydrogen-bond donors (Lipinski definition) is 1. The van der Waals surface area contributed by atoms with Gasteiger partial charge in [-0.3, -0.25) is 9.10 Å². The number of sulfonamides is 1. The number of carbonyl (C=O) groups is 1. The predicted octanol–water partition coefficient (Wildman–Crippen LogP) is 5.54. The normalized spacial score (nSPS) is 11.5. The van der Waals surface area contributed by atoms with Gasteiger partial charge < -0.3 is 10.1 Å². The molecule has 0 aliphatic heterocycles. The van der Waals surface area contributed by atoms with Crippen molar-refractivity contribution < 1.29 is 17.9 Å². The highest BCUT2D eigenvalue weighted by Crippen LogP contribution is 2.25. The van der Waals surface area contributed by atoms with Gasteiger partial charge in [0.05, 0.1) is 16.7 Å². The van der Waals surface area contributed by atoms with Crippen LogP contribution < -0.4 is 14.4 Å². The Bertz CT molecular complexity index is 1210. The van der Waals surface area contributed by atoms with Gasteiger partial charge in [-0.2, -0.15) is 0 Å². The Morgan fingerprint density at radius 2 is 1.53 bits per heavy atom. The van der Waals surface area contributed by atoms with Crippen molar-refractivity contribution in [2.45, 2.75) is 57.5 Å². The second-order valence-corrected chi connectivity index (χ2v) is 11.2. The molecule has 1 N–H and O–H groups in total. The molecule has 0 radical (unpaired) electrons. The molecule has 0 fully saturated rings. The molecule has 0 spiro atoms. The Morgan fingerprint density at radius 3 is 2.11 bits per heavy atom. The fourth-order valence-corrected chi connectivity index (χ4v) is 5.22. The summed E-state index contributed by atoms with van der Waals surface area (Å²) in [7, 11) is -3.91. The van der Waals surface area contributed by atoms with E-state index < -0.39 is 10.0 Å². The zero-order valence-corrected chi connectivity index (χ0v) is 22.3. The second-order valence-electron chi connectivity index (χ2n) is 9.34. The van der Waals surface area contributed by atoms with Gasteiger partial charge in [0.25, 0.3) is 10.0 Å². The largest absolute Gasteiger partial charge is 0.491 e. The Balaban J connectivity index is 1.64. The quantitative estimate of drug-likeness (QED) is 0.326. The first-order chi connectivity index (χ1) is 17.2. The minimum Gasteiger partial charge on any atom is -0.491 e. The number of benzene rings is 3. The summed E-state index contributed by atoms with van der Waals surface area (Å²) in [5.74, 6) is 0.812. The third kappa shape index (κ3) is 7.59. The summed E-state index contributed by atoms with van der Waals surface area (Å²) < 4.78 is 33.7. The molecule has 3 aromatic carbocycles. The topological polar surface area (TPSA) is 75.7 Å². The first-order valence-corrected chi connectivity index (χ1v) is 13.8. The van der Waals surface area contributed by atoms with Gasteiger partial charge in [-0.15, -0.1) is 0 Å². The second kappa shape index (κ2) is 12.6. The fraction of sp³-hybridized carbons (Fsp3) is 0.345. The molecule has 0 unspecified atom stereocenters. The van der Waals surface area contributed by atoms with E-state index in [1.807, 2.05) is 50.2 Å². The Labute approximate surface area is 215 Å². The summed E-state index contributed by atoms with van der Waals surface area (Å²) in [6.45, 7) is 8.30. The number of ether oxygens (including phenoxy) is 1. The van der Waals surface area contributed by atoms with E-state index in [1.54, 1.807) is 42.5 Å². The van der Waals surface area contributed by atoms with E-state index in [-0.39, 0.29) is 23.5 Å². The van der Waals surface area contributed by atoms with E-state index in [4.69, 9.17) is 4.74 Å². The molecule has 0 aromatic heterocycles. The smallest absolute Gasteiger partial charge is 0.264 e. The minimum atomic E-state index is -3.91. The van der Waals surface area contributed by atoms with E-state index in [2.05, 4.69) is 19.2 Å². The molecule has 6 nitrogen and oxygen atoms in total. The van der Waals surface area contributed by atoms with Crippen molar-refractivity contribution in [1.29, 1.82) is 0 Å². The van der Waals surface area contributed by atoms with E-state index >= 15 is 0 Å². The number of aryl methyl sites for hydroxylation is 1. The highest BCUT2D eigenvalue weighted by atomic mass is 32.2. The van der Waals surface area contributed by atoms with E-state index in [9.17, 15) is 13.2 Å². The number of hydrogen-bond acceptors (Lipinski definition) is 4. The van der Waals surface area contributed by atoms with Crippen molar-refractivity contribution in [3.8, 4) is 5.75 Å². The van der Waals surface area contributed by atoms with Crippen LogP contribution in [0.25, 0.3) is 0 Å². The molecule has 36 heavy (non-hydrogen) atoms. The molecule has 0 atom stereocenters. The standard InChI is InChI=1S/C29H36N2O4S/c1-22(2)25-14-16-26(17-15-25)31(36(33,34)28-10-6-5-7-11-28)21-29(32)30-20-8-9-24-12-18-27(19-13-24)35-23(3)4/h5-7,10-19,22-23H,8-9,20-21H2,1-4H3,(H,30,32). The summed E-state index contributed by atoms with van der Waals surface area (Å²) in [5, 5.41) is 2.87. The van der Waals surface area contributed by atoms with Gasteiger partial charge in [-0.25, -0.2) is 8.42 Å². The SMILES string of the molecule is CC(C)Oc1ccc(CCCNC(=O)CN(c2ccc(C(C)C)cc2)S(=O)(=O)c2ccccc2)cc1. The number of rotatable bonds is 12. The lowest BCUT2D eigenvalue weighted by Gasteiger charge is -2.24. The Hall–Kier alpha value is -3.32. The van der Waals surface area contributed by atoms with E-state index in [0.717, 1.165) is 29.7 Å². The number of nitrogens with one attached hydrogen (secondary N) is 1. The molecule has 0 saturated heterocycles. The molecular weight excluding hydrogens is 472 g/mol. The van der Waals surface area contributed by atoms with Crippen LogP contribution in [0.4, 0.5) is 5.69 Å². The Kier molecular flexibility index (Phi) is 9.53. The summed E-state index contributed by atoms with van der Waals surface area (Å²) >= 11 is 0. The highest BCUT2D eigenvalue weighted by molar-refractivity contribution is 7.92. The molecule has 192 valence electrons. The molecule has 0 saturated carbocycles. The monoisotopic (exact) mass is 508 g/mol. The van der Waals surface area contributed by atoms with Crippen LogP contribution in [0.1, 0.15) is 51.2 Å². The maximum atomic E-state index is 13.4. The molecular formula is C29H36N2O4S. The highest BCUT2D eigenvalue weighted by Gasteiger charge is 2.27. The molecule has 3 rings (SSSR count). The van der Waals surface area contributed by atoms with Crippen LogP contribution >= 0.6 is 0 Å². The summed E-state index contributed by atoms with van der Waals surface area (Å²) in [4.78, 5) is 13.0. The molecule has 0 heterocycles. The van der Waals surface area contributed by atoms with Crippen molar-refractivity contribution in [1.82, 2.24) is 5.32 Å². The van der Waals surface area contributed by atoms with Gasteiger partial charge in [0.1, 0.15) is 12.3 Å². The van der Waals surface area contributed by atoms with Crippen LogP contribution in [0.3, 0.4) is 0 Å². The van der Waals surface area contributed by atoms with Crippen LogP contribution in [0.2, 0.25) is 0 Å².